The smallest absolute Gasteiger partial charge is 0.120 e. The lowest BCUT2D eigenvalue weighted by Crippen LogP contribution is -2.27. The van der Waals surface area contributed by atoms with Crippen LogP contribution >= 0.6 is 0 Å². The summed E-state index contributed by atoms with van der Waals surface area (Å²) >= 11 is 0. The molecule has 2 aliphatic carbocycles. The first-order chi connectivity index (χ1) is 17.8. The van der Waals surface area contributed by atoms with Gasteiger partial charge in [-0.2, -0.15) is 0 Å². The van der Waals surface area contributed by atoms with E-state index < -0.39 is 0 Å². The van der Waals surface area contributed by atoms with Gasteiger partial charge in [-0.3, -0.25) is 9.97 Å². The van der Waals surface area contributed by atoms with Crippen molar-refractivity contribution in [2.45, 2.75) is 70.0 Å². The largest absolute Gasteiger partial charge is 0.489 e. The Hall–Kier alpha value is -3.66. The van der Waals surface area contributed by atoms with E-state index >= 15 is 0 Å². The van der Waals surface area contributed by atoms with E-state index in [0.717, 1.165) is 35.5 Å². The van der Waals surface area contributed by atoms with E-state index in [0.29, 0.717) is 13.2 Å². The van der Waals surface area contributed by atoms with E-state index in [1.165, 1.54) is 22.3 Å². The molecular formula is C33H34N2O2. The fourth-order valence-corrected chi connectivity index (χ4v) is 6.78. The first-order valence-electron chi connectivity index (χ1n) is 13.1. The molecule has 1 spiro atoms. The predicted molar refractivity (Wildman–Crippen MR) is 146 cm³/mol. The molecule has 0 saturated carbocycles. The number of pyridine rings is 2. The number of nitrogens with zero attached hydrogens (tertiary/aromatic N) is 2. The second-order valence-electron chi connectivity index (χ2n) is 11.9. The first kappa shape index (κ1) is 23.7. The van der Waals surface area contributed by atoms with Gasteiger partial charge in [-0.05, 0) is 106 Å². The SMILES string of the molecule is CC1(C)CC2(CC(C)(C)c3ccc(OCc4ccncc4)cc32)c2cc(OCc3ccncc3)ccc21. The maximum atomic E-state index is 6.28. The molecule has 2 aromatic heterocycles. The van der Waals surface area contributed by atoms with Gasteiger partial charge in [0.2, 0.25) is 0 Å². The van der Waals surface area contributed by atoms with E-state index in [4.69, 9.17) is 9.47 Å². The van der Waals surface area contributed by atoms with Crippen LogP contribution in [-0.2, 0) is 29.5 Å². The molecule has 2 aromatic carbocycles. The van der Waals surface area contributed by atoms with Crippen molar-refractivity contribution >= 4 is 0 Å². The van der Waals surface area contributed by atoms with Crippen molar-refractivity contribution in [1.82, 2.24) is 9.97 Å². The van der Waals surface area contributed by atoms with Crippen molar-refractivity contribution in [3.05, 3.63) is 119 Å². The highest BCUT2D eigenvalue weighted by atomic mass is 16.5. The average molecular weight is 491 g/mol. The Morgan fingerprint density at radius 3 is 1.38 bits per heavy atom. The molecule has 4 aromatic rings. The normalized spacial score (nSPS) is 17.8. The van der Waals surface area contributed by atoms with E-state index in [-0.39, 0.29) is 16.2 Å². The molecule has 188 valence electrons. The number of hydrogen-bond acceptors (Lipinski definition) is 4. The summed E-state index contributed by atoms with van der Waals surface area (Å²) in [5, 5.41) is 0. The Balaban J connectivity index is 1.38. The highest BCUT2D eigenvalue weighted by Crippen LogP contribution is 2.63. The minimum absolute atomic E-state index is 0.0657. The summed E-state index contributed by atoms with van der Waals surface area (Å²) in [5.41, 5.74) is 7.98. The van der Waals surface area contributed by atoms with Gasteiger partial charge in [-0.1, -0.05) is 39.8 Å². The second kappa shape index (κ2) is 8.72. The van der Waals surface area contributed by atoms with Crippen LogP contribution < -0.4 is 9.47 Å². The molecule has 0 N–H and O–H groups in total. The molecule has 0 saturated heterocycles. The zero-order valence-electron chi connectivity index (χ0n) is 22.1. The number of hydrogen-bond donors (Lipinski definition) is 0. The Kier molecular flexibility index (Phi) is 5.59. The summed E-state index contributed by atoms with van der Waals surface area (Å²) < 4.78 is 12.6. The lowest BCUT2D eigenvalue weighted by molar-refractivity contribution is 0.303. The Labute approximate surface area is 219 Å². The summed E-state index contributed by atoms with van der Waals surface area (Å²) in [4.78, 5) is 8.23. The van der Waals surface area contributed by atoms with Crippen LogP contribution in [0.3, 0.4) is 0 Å². The topological polar surface area (TPSA) is 44.2 Å². The molecule has 0 aliphatic heterocycles. The third-order valence-corrected chi connectivity index (χ3v) is 8.27. The van der Waals surface area contributed by atoms with Crippen LogP contribution in [0.1, 0.15) is 73.9 Å². The monoisotopic (exact) mass is 490 g/mol. The second-order valence-corrected chi connectivity index (χ2v) is 11.9. The van der Waals surface area contributed by atoms with Crippen LogP contribution in [0.25, 0.3) is 0 Å². The molecule has 0 bridgehead atoms. The molecule has 37 heavy (non-hydrogen) atoms. The zero-order valence-corrected chi connectivity index (χ0v) is 22.1. The van der Waals surface area contributed by atoms with Crippen molar-refractivity contribution in [1.29, 1.82) is 0 Å². The Morgan fingerprint density at radius 2 is 0.973 bits per heavy atom. The lowest BCUT2D eigenvalue weighted by Gasteiger charge is -2.30. The van der Waals surface area contributed by atoms with Crippen molar-refractivity contribution in [2.75, 3.05) is 0 Å². The third kappa shape index (κ3) is 4.19. The standard InChI is InChI=1S/C33H34N2O2/c1-31(2)21-33(29-17-25(5-7-27(29)31)36-19-23-9-13-34-14-10-23)22-32(3,4)28-8-6-26(18-30(28)33)37-20-24-11-15-35-16-12-24/h5-18H,19-22H2,1-4H3. The minimum Gasteiger partial charge on any atom is -0.489 e. The predicted octanol–water partition coefficient (Wildman–Crippen LogP) is 7.28. The average Bonchev–Trinajstić information content (AvgIpc) is 3.26. The van der Waals surface area contributed by atoms with Crippen LogP contribution in [-0.4, -0.2) is 9.97 Å². The lowest BCUT2D eigenvalue weighted by atomic mass is 9.72. The van der Waals surface area contributed by atoms with Gasteiger partial charge in [-0.15, -0.1) is 0 Å². The van der Waals surface area contributed by atoms with Gasteiger partial charge in [0.15, 0.2) is 0 Å². The molecule has 4 heteroatoms. The third-order valence-electron chi connectivity index (χ3n) is 8.27. The van der Waals surface area contributed by atoms with Gasteiger partial charge in [0.25, 0.3) is 0 Å². The summed E-state index contributed by atoms with van der Waals surface area (Å²) in [6.45, 7) is 10.6. The zero-order chi connectivity index (χ0) is 25.7. The van der Waals surface area contributed by atoms with Gasteiger partial charge in [0.1, 0.15) is 24.7 Å². The summed E-state index contributed by atoms with van der Waals surface area (Å²) in [6.07, 6.45) is 9.39. The molecule has 0 amide bonds. The number of ether oxygens (including phenoxy) is 2. The van der Waals surface area contributed by atoms with Gasteiger partial charge < -0.3 is 9.47 Å². The maximum Gasteiger partial charge on any atom is 0.120 e. The highest BCUT2D eigenvalue weighted by molar-refractivity contribution is 5.61. The summed E-state index contributed by atoms with van der Waals surface area (Å²) in [6, 6.07) is 21.5. The number of benzene rings is 2. The Morgan fingerprint density at radius 1 is 0.568 bits per heavy atom. The van der Waals surface area contributed by atoms with Gasteiger partial charge >= 0.3 is 0 Å². The van der Waals surface area contributed by atoms with Crippen molar-refractivity contribution in [3.63, 3.8) is 0 Å². The molecular weight excluding hydrogens is 456 g/mol. The van der Waals surface area contributed by atoms with E-state index in [9.17, 15) is 0 Å². The maximum absolute atomic E-state index is 6.28. The van der Waals surface area contributed by atoms with Gasteiger partial charge in [0.05, 0.1) is 0 Å². The molecule has 4 nitrogen and oxygen atoms in total. The number of aromatic nitrogens is 2. The van der Waals surface area contributed by atoms with Crippen LogP contribution in [0.4, 0.5) is 0 Å². The molecule has 0 fully saturated rings. The fourth-order valence-electron chi connectivity index (χ4n) is 6.78. The van der Waals surface area contributed by atoms with E-state index in [1.54, 1.807) is 0 Å². The molecule has 2 aliphatic rings. The summed E-state index contributed by atoms with van der Waals surface area (Å²) in [5.74, 6) is 1.84. The van der Waals surface area contributed by atoms with Crippen molar-refractivity contribution < 1.29 is 9.47 Å². The molecule has 0 atom stereocenters. The fraction of sp³-hybridized carbons (Fsp3) is 0.333. The van der Waals surface area contributed by atoms with E-state index in [1.807, 2.05) is 49.1 Å². The van der Waals surface area contributed by atoms with Crippen LogP contribution in [0.2, 0.25) is 0 Å². The molecule has 0 radical (unpaired) electrons. The molecule has 6 rings (SSSR count). The van der Waals surface area contributed by atoms with Crippen LogP contribution in [0, 0.1) is 0 Å². The minimum atomic E-state index is -0.0657. The summed E-state index contributed by atoms with van der Waals surface area (Å²) in [7, 11) is 0. The molecule has 0 unspecified atom stereocenters. The Bertz CT molecular complexity index is 1320. The first-order valence-corrected chi connectivity index (χ1v) is 13.1. The van der Waals surface area contributed by atoms with Gasteiger partial charge in [-0.25, -0.2) is 0 Å². The quantitative estimate of drug-likeness (QED) is 0.285. The number of rotatable bonds is 6. The van der Waals surface area contributed by atoms with Crippen LogP contribution in [0.5, 0.6) is 11.5 Å². The van der Waals surface area contributed by atoms with E-state index in [2.05, 4.69) is 74.1 Å². The van der Waals surface area contributed by atoms with Gasteiger partial charge in [0, 0.05) is 30.2 Å². The van der Waals surface area contributed by atoms with Crippen LogP contribution in [0.15, 0.2) is 85.5 Å². The highest BCUT2D eigenvalue weighted by Gasteiger charge is 2.56. The molecule has 2 heterocycles. The van der Waals surface area contributed by atoms with Crippen molar-refractivity contribution in [3.8, 4) is 11.5 Å². The van der Waals surface area contributed by atoms with Crippen molar-refractivity contribution in [2.24, 2.45) is 0 Å². The number of fused-ring (bicyclic) bond motifs is 4.